The summed E-state index contributed by atoms with van der Waals surface area (Å²) in [7, 11) is 1.66. The molecule has 0 aliphatic rings. The van der Waals surface area contributed by atoms with Crippen LogP contribution in [-0.2, 0) is 6.42 Å². The van der Waals surface area contributed by atoms with Crippen LogP contribution in [0.15, 0.2) is 29.8 Å². The van der Waals surface area contributed by atoms with Gasteiger partial charge in [0.05, 0.1) is 31.0 Å². The van der Waals surface area contributed by atoms with E-state index < -0.39 is 0 Å². The number of ether oxygens (including phenoxy) is 1. The number of aryl methyl sites for hydroxylation is 1. The quantitative estimate of drug-likeness (QED) is 0.739. The zero-order chi connectivity index (χ0) is 14.1. The molecule has 0 atom stereocenters. The molecule has 4 nitrogen and oxygen atoms in total. The largest absolute Gasteiger partial charge is 0.496 e. The number of imidazole rings is 1. The Bertz CT molecular complexity index is 810. The standard InChI is InChI=1S/C15H13N3OS/c1-10-9-11(3-4-13(10)19-2)14-12(5-6-16)18-7-8-20-15(18)17-14/h3-4,7-9H,5H2,1-2H3. The lowest BCUT2D eigenvalue weighted by Crippen LogP contribution is -1.93. The van der Waals surface area contributed by atoms with Gasteiger partial charge in [0, 0.05) is 17.1 Å². The molecule has 0 saturated carbocycles. The van der Waals surface area contributed by atoms with Gasteiger partial charge in [-0.15, -0.1) is 11.3 Å². The molecule has 0 radical (unpaired) electrons. The molecule has 0 unspecified atom stereocenters. The Morgan fingerprint density at radius 3 is 3.00 bits per heavy atom. The van der Waals surface area contributed by atoms with E-state index in [9.17, 15) is 0 Å². The SMILES string of the molecule is COc1ccc(-c2nc3sccn3c2CC#N)cc1C. The molecular formula is C15H13N3OS. The molecule has 0 spiro atoms. The molecule has 20 heavy (non-hydrogen) atoms. The minimum absolute atomic E-state index is 0.346. The lowest BCUT2D eigenvalue weighted by Gasteiger charge is -2.07. The van der Waals surface area contributed by atoms with Gasteiger partial charge in [0.2, 0.25) is 0 Å². The second-order valence-corrected chi connectivity index (χ2v) is 5.35. The number of rotatable bonds is 3. The maximum atomic E-state index is 9.04. The number of aromatic nitrogens is 2. The number of hydrogen-bond acceptors (Lipinski definition) is 4. The summed E-state index contributed by atoms with van der Waals surface area (Å²) < 4.78 is 7.27. The molecule has 0 amide bonds. The third kappa shape index (κ3) is 1.95. The Labute approximate surface area is 120 Å². The Balaban J connectivity index is 2.18. The van der Waals surface area contributed by atoms with Crippen LogP contribution in [-0.4, -0.2) is 16.5 Å². The first-order valence-corrected chi connectivity index (χ1v) is 7.09. The predicted molar refractivity (Wildman–Crippen MR) is 79.1 cm³/mol. The van der Waals surface area contributed by atoms with E-state index in [1.807, 2.05) is 41.1 Å². The molecule has 100 valence electrons. The van der Waals surface area contributed by atoms with Crippen LogP contribution in [0.3, 0.4) is 0 Å². The van der Waals surface area contributed by atoms with Gasteiger partial charge in [-0.25, -0.2) is 4.98 Å². The zero-order valence-electron chi connectivity index (χ0n) is 11.3. The number of benzene rings is 1. The van der Waals surface area contributed by atoms with E-state index in [1.165, 1.54) is 0 Å². The highest BCUT2D eigenvalue weighted by molar-refractivity contribution is 7.15. The zero-order valence-corrected chi connectivity index (χ0v) is 12.1. The number of thiazole rings is 1. The molecule has 0 saturated heterocycles. The molecular weight excluding hydrogens is 270 g/mol. The molecule has 2 heterocycles. The molecule has 0 N–H and O–H groups in total. The molecule has 1 aromatic carbocycles. The number of methoxy groups -OCH3 is 1. The van der Waals surface area contributed by atoms with E-state index in [0.29, 0.717) is 6.42 Å². The summed E-state index contributed by atoms with van der Waals surface area (Å²) in [5, 5.41) is 11.0. The molecule has 0 aliphatic carbocycles. The van der Waals surface area contributed by atoms with Gasteiger partial charge in [-0.3, -0.25) is 4.40 Å². The van der Waals surface area contributed by atoms with Gasteiger partial charge >= 0.3 is 0 Å². The van der Waals surface area contributed by atoms with E-state index in [-0.39, 0.29) is 0 Å². The van der Waals surface area contributed by atoms with Crippen molar-refractivity contribution in [3.05, 3.63) is 41.0 Å². The van der Waals surface area contributed by atoms with Gasteiger partial charge in [-0.2, -0.15) is 5.26 Å². The van der Waals surface area contributed by atoms with Gasteiger partial charge in [0.25, 0.3) is 0 Å². The smallest absolute Gasteiger partial charge is 0.194 e. The van der Waals surface area contributed by atoms with E-state index in [2.05, 4.69) is 11.1 Å². The molecule has 0 fully saturated rings. The Kier molecular flexibility index (Phi) is 3.17. The minimum Gasteiger partial charge on any atom is -0.496 e. The average molecular weight is 283 g/mol. The minimum atomic E-state index is 0.346. The molecule has 5 heteroatoms. The van der Waals surface area contributed by atoms with Crippen molar-refractivity contribution in [2.75, 3.05) is 7.11 Å². The van der Waals surface area contributed by atoms with Crippen LogP contribution in [0.25, 0.3) is 16.2 Å². The molecule has 3 aromatic rings. The lowest BCUT2D eigenvalue weighted by atomic mass is 10.1. The first kappa shape index (κ1) is 12.7. The van der Waals surface area contributed by atoms with Gasteiger partial charge in [0.15, 0.2) is 4.96 Å². The van der Waals surface area contributed by atoms with Gasteiger partial charge < -0.3 is 4.74 Å². The van der Waals surface area contributed by atoms with Crippen LogP contribution < -0.4 is 4.74 Å². The third-order valence-electron chi connectivity index (χ3n) is 3.28. The summed E-state index contributed by atoms with van der Waals surface area (Å²) in [5.41, 5.74) is 3.89. The summed E-state index contributed by atoms with van der Waals surface area (Å²) in [6, 6.07) is 8.19. The van der Waals surface area contributed by atoms with Crippen molar-refractivity contribution in [1.29, 1.82) is 5.26 Å². The van der Waals surface area contributed by atoms with Crippen molar-refractivity contribution >= 4 is 16.3 Å². The Hall–Kier alpha value is -2.32. The van der Waals surface area contributed by atoms with E-state index in [4.69, 9.17) is 10.00 Å². The molecule has 0 bridgehead atoms. The van der Waals surface area contributed by atoms with Crippen LogP contribution in [0.4, 0.5) is 0 Å². The summed E-state index contributed by atoms with van der Waals surface area (Å²) in [5.74, 6) is 0.858. The van der Waals surface area contributed by atoms with Gasteiger partial charge in [0.1, 0.15) is 5.75 Å². The highest BCUT2D eigenvalue weighted by Crippen LogP contribution is 2.30. The van der Waals surface area contributed by atoms with Crippen LogP contribution in [0.2, 0.25) is 0 Å². The van der Waals surface area contributed by atoms with Crippen LogP contribution in [0.5, 0.6) is 5.75 Å². The summed E-state index contributed by atoms with van der Waals surface area (Å²) in [6.07, 6.45) is 2.30. The number of nitriles is 1. The summed E-state index contributed by atoms with van der Waals surface area (Å²) in [4.78, 5) is 5.56. The average Bonchev–Trinajstić information content (AvgIpc) is 3.01. The van der Waals surface area contributed by atoms with Gasteiger partial charge in [-0.1, -0.05) is 0 Å². The van der Waals surface area contributed by atoms with Crippen LogP contribution in [0, 0.1) is 18.3 Å². The number of nitrogens with zero attached hydrogens (tertiary/aromatic N) is 3. The maximum Gasteiger partial charge on any atom is 0.194 e. The van der Waals surface area contributed by atoms with Crippen LogP contribution in [0.1, 0.15) is 11.3 Å². The Morgan fingerprint density at radius 1 is 1.45 bits per heavy atom. The van der Waals surface area contributed by atoms with Gasteiger partial charge in [-0.05, 0) is 30.7 Å². The monoisotopic (exact) mass is 283 g/mol. The normalized spacial score (nSPS) is 10.7. The number of hydrogen-bond donors (Lipinski definition) is 0. The third-order valence-corrected chi connectivity index (χ3v) is 4.03. The molecule has 0 aliphatic heterocycles. The predicted octanol–water partition coefficient (Wildman–Crippen LogP) is 3.45. The van der Waals surface area contributed by atoms with E-state index in [0.717, 1.165) is 33.2 Å². The van der Waals surface area contributed by atoms with Crippen molar-refractivity contribution < 1.29 is 4.74 Å². The lowest BCUT2D eigenvalue weighted by molar-refractivity contribution is 0.412. The second-order valence-electron chi connectivity index (χ2n) is 4.48. The molecule has 2 aromatic heterocycles. The summed E-state index contributed by atoms with van der Waals surface area (Å²) >= 11 is 1.57. The molecule has 3 rings (SSSR count). The van der Waals surface area contributed by atoms with Crippen molar-refractivity contribution in [3.63, 3.8) is 0 Å². The van der Waals surface area contributed by atoms with E-state index >= 15 is 0 Å². The highest BCUT2D eigenvalue weighted by Gasteiger charge is 2.15. The maximum absolute atomic E-state index is 9.04. The first-order chi connectivity index (χ1) is 9.74. The Morgan fingerprint density at radius 2 is 2.30 bits per heavy atom. The van der Waals surface area contributed by atoms with Crippen molar-refractivity contribution in [3.8, 4) is 23.1 Å². The fraction of sp³-hybridized carbons (Fsp3) is 0.200. The van der Waals surface area contributed by atoms with E-state index in [1.54, 1.807) is 18.4 Å². The van der Waals surface area contributed by atoms with Crippen LogP contribution >= 0.6 is 11.3 Å². The number of fused-ring (bicyclic) bond motifs is 1. The summed E-state index contributed by atoms with van der Waals surface area (Å²) in [6.45, 7) is 2.00. The fourth-order valence-electron chi connectivity index (χ4n) is 2.33. The first-order valence-electron chi connectivity index (χ1n) is 6.21. The second kappa shape index (κ2) is 4.99. The highest BCUT2D eigenvalue weighted by atomic mass is 32.1. The van der Waals surface area contributed by atoms with Crippen molar-refractivity contribution in [2.45, 2.75) is 13.3 Å². The topological polar surface area (TPSA) is 50.3 Å². The van der Waals surface area contributed by atoms with Crippen molar-refractivity contribution in [2.24, 2.45) is 0 Å². The van der Waals surface area contributed by atoms with Crippen molar-refractivity contribution in [1.82, 2.24) is 9.38 Å². The fourth-order valence-corrected chi connectivity index (χ4v) is 3.07.